The average Bonchev–Trinajstić information content (AvgIpc) is 2.97. The summed E-state index contributed by atoms with van der Waals surface area (Å²) >= 11 is 5.69. The summed E-state index contributed by atoms with van der Waals surface area (Å²) in [5, 5.41) is 7.79. The van der Waals surface area contributed by atoms with Gasteiger partial charge in [-0.2, -0.15) is 0 Å². The molecule has 0 unspecified atom stereocenters. The predicted octanol–water partition coefficient (Wildman–Crippen LogP) is 1.84. The third kappa shape index (κ3) is 2.18. The van der Waals surface area contributed by atoms with Crippen molar-refractivity contribution < 1.29 is 8.81 Å². The zero-order valence-electron chi connectivity index (χ0n) is 9.68. The number of aromatic nitrogens is 4. The van der Waals surface area contributed by atoms with Crippen LogP contribution in [-0.2, 0) is 6.54 Å². The van der Waals surface area contributed by atoms with E-state index in [2.05, 4.69) is 15.3 Å². The Balaban J connectivity index is 2.04. The summed E-state index contributed by atoms with van der Waals surface area (Å²) in [6.45, 7) is 1.00. The quantitative estimate of drug-likeness (QED) is 0.792. The van der Waals surface area contributed by atoms with Crippen molar-refractivity contribution in [3.05, 3.63) is 29.2 Å². The second-order valence-electron chi connectivity index (χ2n) is 3.91. The number of nitrogens with two attached hydrogens (primary N) is 1. The monoisotopic (exact) mass is 281 g/mol. The molecule has 0 saturated carbocycles. The van der Waals surface area contributed by atoms with Crippen molar-refractivity contribution in [2.45, 2.75) is 6.54 Å². The van der Waals surface area contributed by atoms with Gasteiger partial charge in [0.05, 0.1) is 17.8 Å². The number of benzene rings is 1. The molecule has 6 nitrogen and oxygen atoms in total. The van der Waals surface area contributed by atoms with Crippen molar-refractivity contribution in [1.82, 2.24) is 20.0 Å². The zero-order chi connectivity index (χ0) is 13.4. The number of oxazole rings is 1. The first-order chi connectivity index (χ1) is 9.17. The summed E-state index contributed by atoms with van der Waals surface area (Å²) in [5.74, 6) is -0.288. The van der Waals surface area contributed by atoms with Crippen LogP contribution < -0.4 is 5.73 Å². The van der Waals surface area contributed by atoms with E-state index in [1.807, 2.05) is 0 Å². The van der Waals surface area contributed by atoms with Crippen LogP contribution >= 0.6 is 11.6 Å². The molecule has 0 radical (unpaired) electrons. The first kappa shape index (κ1) is 12.1. The van der Waals surface area contributed by atoms with Gasteiger partial charge < -0.3 is 10.2 Å². The van der Waals surface area contributed by atoms with Gasteiger partial charge in [-0.3, -0.25) is 4.68 Å². The lowest BCUT2D eigenvalue weighted by Gasteiger charge is -1.92. The fourth-order valence-electron chi connectivity index (χ4n) is 1.67. The highest BCUT2D eigenvalue weighted by Crippen LogP contribution is 2.26. The number of nitrogens with zero attached hydrogens (tertiary/aromatic N) is 4. The van der Waals surface area contributed by atoms with Gasteiger partial charge in [0, 0.05) is 12.6 Å². The number of halogens is 2. The highest BCUT2D eigenvalue weighted by atomic mass is 35.5. The molecule has 3 rings (SSSR count). The van der Waals surface area contributed by atoms with E-state index in [-0.39, 0.29) is 10.9 Å². The first-order valence-corrected chi connectivity index (χ1v) is 5.91. The summed E-state index contributed by atoms with van der Waals surface area (Å²) in [5.41, 5.74) is 6.66. The van der Waals surface area contributed by atoms with Crippen LogP contribution in [0.4, 0.5) is 4.39 Å². The van der Waals surface area contributed by atoms with Gasteiger partial charge in [0.1, 0.15) is 11.3 Å². The third-order valence-electron chi connectivity index (χ3n) is 2.55. The Labute approximate surface area is 112 Å². The van der Waals surface area contributed by atoms with Crippen LogP contribution in [0, 0.1) is 5.82 Å². The van der Waals surface area contributed by atoms with E-state index in [0.29, 0.717) is 29.9 Å². The molecule has 98 valence electrons. The second kappa shape index (κ2) is 4.60. The minimum absolute atomic E-state index is 0.000800. The van der Waals surface area contributed by atoms with E-state index >= 15 is 0 Å². The molecule has 1 aromatic carbocycles. The topological polar surface area (TPSA) is 82.8 Å². The number of hydrogen-bond donors (Lipinski definition) is 1. The Morgan fingerprint density at radius 1 is 1.42 bits per heavy atom. The minimum Gasteiger partial charge on any atom is -0.434 e. The molecule has 2 N–H and O–H groups in total. The molecule has 3 aromatic rings. The number of fused-ring (bicyclic) bond motifs is 1. The SMILES string of the molecule is NCCn1cc(-c2nc3cc(Cl)c(F)cc3o2)nn1. The van der Waals surface area contributed by atoms with E-state index in [1.54, 1.807) is 10.9 Å². The number of hydrogen-bond acceptors (Lipinski definition) is 5. The van der Waals surface area contributed by atoms with E-state index in [9.17, 15) is 4.39 Å². The molecule has 2 heterocycles. The molecule has 0 saturated heterocycles. The third-order valence-corrected chi connectivity index (χ3v) is 2.84. The lowest BCUT2D eigenvalue weighted by molar-refractivity contribution is 0.597. The second-order valence-corrected chi connectivity index (χ2v) is 4.32. The van der Waals surface area contributed by atoms with Gasteiger partial charge >= 0.3 is 0 Å². The Bertz CT molecular complexity index is 699. The average molecular weight is 282 g/mol. The van der Waals surface area contributed by atoms with Gasteiger partial charge in [-0.25, -0.2) is 9.37 Å². The summed E-state index contributed by atoms with van der Waals surface area (Å²) in [4.78, 5) is 4.19. The standard InChI is InChI=1S/C11H9ClFN5O/c12-6-3-8-10(4-7(6)13)19-11(15-8)9-5-18(2-1-14)17-16-9/h3-5H,1-2,14H2. The Morgan fingerprint density at radius 3 is 3.05 bits per heavy atom. The minimum atomic E-state index is -0.552. The smallest absolute Gasteiger partial charge is 0.249 e. The molecule has 8 heteroatoms. The lowest BCUT2D eigenvalue weighted by atomic mass is 10.3. The van der Waals surface area contributed by atoms with Crippen molar-refractivity contribution >= 4 is 22.7 Å². The van der Waals surface area contributed by atoms with Crippen molar-refractivity contribution in [3.63, 3.8) is 0 Å². The highest BCUT2D eigenvalue weighted by molar-refractivity contribution is 6.31. The number of rotatable bonds is 3. The maximum atomic E-state index is 13.3. The van der Waals surface area contributed by atoms with Crippen LogP contribution in [-0.4, -0.2) is 26.5 Å². The van der Waals surface area contributed by atoms with Gasteiger partial charge in [-0.05, 0) is 6.07 Å². The fraction of sp³-hybridized carbons (Fsp3) is 0.182. The molecule has 2 aromatic heterocycles. The highest BCUT2D eigenvalue weighted by Gasteiger charge is 2.14. The Hall–Kier alpha value is -1.99. The van der Waals surface area contributed by atoms with Crippen LogP contribution in [0.3, 0.4) is 0 Å². The van der Waals surface area contributed by atoms with E-state index in [4.69, 9.17) is 21.8 Å². The van der Waals surface area contributed by atoms with E-state index in [0.717, 1.165) is 0 Å². The predicted molar refractivity (Wildman–Crippen MR) is 67.0 cm³/mol. The molecule has 19 heavy (non-hydrogen) atoms. The van der Waals surface area contributed by atoms with Crippen LogP contribution in [0.25, 0.3) is 22.7 Å². The molecule has 0 atom stereocenters. The summed E-state index contributed by atoms with van der Waals surface area (Å²) in [7, 11) is 0. The maximum Gasteiger partial charge on any atom is 0.249 e. The van der Waals surface area contributed by atoms with Gasteiger partial charge in [-0.15, -0.1) is 5.10 Å². The van der Waals surface area contributed by atoms with Crippen LogP contribution in [0.15, 0.2) is 22.7 Å². The molecule has 0 spiro atoms. The summed E-state index contributed by atoms with van der Waals surface area (Å²) in [6, 6.07) is 2.60. The van der Waals surface area contributed by atoms with Crippen LogP contribution in [0.5, 0.6) is 0 Å². The molecular weight excluding hydrogens is 273 g/mol. The Morgan fingerprint density at radius 2 is 2.26 bits per heavy atom. The van der Waals surface area contributed by atoms with Crippen molar-refractivity contribution in [2.75, 3.05) is 6.54 Å². The molecule has 0 bridgehead atoms. The van der Waals surface area contributed by atoms with Crippen LogP contribution in [0.1, 0.15) is 0 Å². The zero-order valence-corrected chi connectivity index (χ0v) is 10.4. The van der Waals surface area contributed by atoms with Crippen LogP contribution in [0.2, 0.25) is 5.02 Å². The normalized spacial score (nSPS) is 11.3. The molecule has 0 aliphatic carbocycles. The van der Waals surface area contributed by atoms with Crippen molar-refractivity contribution in [2.24, 2.45) is 5.73 Å². The van der Waals surface area contributed by atoms with Crippen molar-refractivity contribution in [3.8, 4) is 11.6 Å². The molecule has 0 fully saturated rings. The lowest BCUT2D eigenvalue weighted by Crippen LogP contribution is -2.10. The molecular formula is C11H9ClFN5O. The molecule has 0 aliphatic rings. The fourth-order valence-corrected chi connectivity index (χ4v) is 1.83. The van der Waals surface area contributed by atoms with Gasteiger partial charge in [-0.1, -0.05) is 16.8 Å². The summed E-state index contributed by atoms with van der Waals surface area (Å²) < 4.78 is 20.3. The Kier molecular flexibility index (Phi) is 2.92. The largest absolute Gasteiger partial charge is 0.434 e. The molecule has 0 aliphatic heterocycles. The summed E-state index contributed by atoms with van der Waals surface area (Å²) in [6.07, 6.45) is 1.66. The van der Waals surface area contributed by atoms with Gasteiger partial charge in [0.2, 0.25) is 5.89 Å². The van der Waals surface area contributed by atoms with Gasteiger partial charge in [0.15, 0.2) is 11.3 Å². The maximum absolute atomic E-state index is 13.3. The van der Waals surface area contributed by atoms with Gasteiger partial charge in [0.25, 0.3) is 0 Å². The van der Waals surface area contributed by atoms with E-state index < -0.39 is 5.82 Å². The molecule has 0 amide bonds. The van der Waals surface area contributed by atoms with E-state index in [1.165, 1.54) is 12.1 Å². The van der Waals surface area contributed by atoms with Crippen molar-refractivity contribution in [1.29, 1.82) is 0 Å². The first-order valence-electron chi connectivity index (χ1n) is 5.53.